The number of likely N-dealkylation sites (tertiary alicyclic amines) is 1. The van der Waals surface area contributed by atoms with Gasteiger partial charge in [0.2, 0.25) is 5.91 Å². The topological polar surface area (TPSA) is 145 Å². The number of halogens is 2. The number of anilines is 1. The third-order valence-electron chi connectivity index (χ3n) is 7.72. The van der Waals surface area contributed by atoms with Gasteiger partial charge in [-0.3, -0.25) is 9.59 Å². The summed E-state index contributed by atoms with van der Waals surface area (Å²) in [6.45, 7) is 4.38. The number of aliphatic imine (C=N–C) groups is 1. The van der Waals surface area contributed by atoms with Crippen molar-refractivity contribution in [2.45, 2.75) is 38.9 Å². The zero-order valence-electron chi connectivity index (χ0n) is 22.8. The lowest BCUT2D eigenvalue weighted by atomic mass is 9.95. The molecule has 2 fully saturated rings. The van der Waals surface area contributed by atoms with E-state index >= 15 is 8.78 Å². The van der Waals surface area contributed by atoms with E-state index in [1.807, 2.05) is 4.90 Å². The Kier molecular flexibility index (Phi) is 7.96. The van der Waals surface area contributed by atoms with Crippen LogP contribution in [0.5, 0.6) is 0 Å². The first-order valence-electron chi connectivity index (χ1n) is 13.6. The Hall–Kier alpha value is -4.03. The zero-order chi connectivity index (χ0) is 29.4. The minimum atomic E-state index is -1.08. The first kappa shape index (κ1) is 28.5. The van der Waals surface area contributed by atoms with Crippen LogP contribution in [0.4, 0.5) is 14.6 Å². The number of aromatic nitrogens is 2. The Balaban J connectivity index is 1.41. The highest BCUT2D eigenvalue weighted by molar-refractivity contribution is 6.01. The number of piperidine rings is 1. The maximum absolute atomic E-state index is 15.3. The predicted molar refractivity (Wildman–Crippen MR) is 149 cm³/mol. The number of benzene rings is 2. The van der Waals surface area contributed by atoms with E-state index in [9.17, 15) is 19.8 Å². The molecule has 0 spiro atoms. The third kappa shape index (κ3) is 5.62. The fraction of sp³-hybridized carbons (Fsp3) is 0.414. The summed E-state index contributed by atoms with van der Waals surface area (Å²) in [5.41, 5.74) is 7.07. The Labute approximate surface area is 235 Å². The van der Waals surface area contributed by atoms with Gasteiger partial charge in [-0.25, -0.2) is 23.7 Å². The number of rotatable bonds is 5. The molecule has 0 aliphatic carbocycles. The van der Waals surface area contributed by atoms with Crippen LogP contribution in [0.2, 0.25) is 0 Å². The molecule has 2 saturated heterocycles. The molecular formula is C29H32F2N6O4. The Morgan fingerprint density at radius 1 is 1.02 bits per heavy atom. The van der Waals surface area contributed by atoms with E-state index in [4.69, 9.17) is 5.73 Å². The predicted octanol–water partition coefficient (Wildman–Crippen LogP) is 2.51. The van der Waals surface area contributed by atoms with E-state index in [0.29, 0.717) is 54.2 Å². The fourth-order valence-electron chi connectivity index (χ4n) is 5.29. The summed E-state index contributed by atoms with van der Waals surface area (Å²) >= 11 is 0. The first-order chi connectivity index (χ1) is 19.5. The van der Waals surface area contributed by atoms with E-state index in [-0.39, 0.29) is 41.8 Å². The van der Waals surface area contributed by atoms with Gasteiger partial charge >= 0.3 is 0 Å². The number of hydrogen-bond acceptors (Lipinski definition) is 7. The molecule has 2 aliphatic heterocycles. The van der Waals surface area contributed by atoms with Gasteiger partial charge in [-0.1, -0.05) is 19.9 Å². The molecule has 2 atom stereocenters. The molecule has 5 rings (SSSR count). The number of aliphatic hydroxyl groups excluding tert-OH is 2. The molecule has 0 radical (unpaired) electrons. The molecule has 2 aliphatic rings. The Morgan fingerprint density at radius 2 is 1.71 bits per heavy atom. The van der Waals surface area contributed by atoms with Crippen LogP contribution in [0.15, 0.2) is 41.7 Å². The van der Waals surface area contributed by atoms with E-state index in [2.05, 4.69) is 15.0 Å². The van der Waals surface area contributed by atoms with Crippen LogP contribution in [0.3, 0.4) is 0 Å². The Bertz CT molecular complexity index is 1510. The van der Waals surface area contributed by atoms with Crippen molar-refractivity contribution in [2.75, 3.05) is 31.1 Å². The van der Waals surface area contributed by atoms with Crippen molar-refractivity contribution in [3.63, 3.8) is 0 Å². The summed E-state index contributed by atoms with van der Waals surface area (Å²) in [5, 5.41) is 19.7. The van der Waals surface area contributed by atoms with Gasteiger partial charge in [0.15, 0.2) is 0 Å². The van der Waals surface area contributed by atoms with Gasteiger partial charge in [0.1, 0.15) is 29.6 Å². The van der Waals surface area contributed by atoms with Crippen molar-refractivity contribution in [3.8, 4) is 11.1 Å². The van der Waals surface area contributed by atoms with Crippen molar-refractivity contribution in [1.29, 1.82) is 0 Å². The highest BCUT2D eigenvalue weighted by Crippen LogP contribution is 2.35. The molecule has 41 heavy (non-hydrogen) atoms. The number of nitrogens with two attached hydrogens (primary N) is 1. The molecule has 1 aromatic heterocycles. The van der Waals surface area contributed by atoms with Crippen LogP contribution in [0.25, 0.3) is 22.0 Å². The highest BCUT2D eigenvalue weighted by Gasteiger charge is 2.34. The van der Waals surface area contributed by atoms with Crippen LogP contribution in [-0.2, 0) is 4.79 Å². The highest BCUT2D eigenvalue weighted by atomic mass is 19.1. The average molecular weight is 567 g/mol. The molecule has 10 nitrogen and oxygen atoms in total. The first-order valence-corrected chi connectivity index (χ1v) is 13.6. The van der Waals surface area contributed by atoms with Crippen LogP contribution in [-0.4, -0.2) is 81.1 Å². The van der Waals surface area contributed by atoms with Crippen LogP contribution >= 0.6 is 0 Å². The molecule has 2 amide bonds. The number of amides is 2. The molecule has 0 saturated carbocycles. The maximum Gasteiger partial charge on any atom is 0.257 e. The quantitative estimate of drug-likeness (QED) is 0.316. The van der Waals surface area contributed by atoms with Gasteiger partial charge in [-0.2, -0.15) is 0 Å². The van der Waals surface area contributed by atoms with Gasteiger partial charge in [0.05, 0.1) is 28.7 Å². The van der Waals surface area contributed by atoms with Crippen molar-refractivity contribution in [2.24, 2.45) is 22.6 Å². The van der Waals surface area contributed by atoms with E-state index in [0.717, 1.165) is 0 Å². The van der Waals surface area contributed by atoms with E-state index in [1.165, 1.54) is 35.5 Å². The van der Waals surface area contributed by atoms with Gasteiger partial charge in [0.25, 0.3) is 5.91 Å². The molecular weight excluding hydrogens is 534 g/mol. The fourth-order valence-corrected chi connectivity index (χ4v) is 5.29. The number of carbonyl (C=O) groups excluding carboxylic acids is 2. The van der Waals surface area contributed by atoms with Crippen molar-refractivity contribution < 1.29 is 28.6 Å². The minimum absolute atomic E-state index is 0.0706. The summed E-state index contributed by atoms with van der Waals surface area (Å²) in [5.74, 6) is -1.80. The largest absolute Gasteiger partial charge is 0.388 e. The molecule has 216 valence electrons. The Morgan fingerprint density at radius 3 is 2.34 bits per heavy atom. The summed E-state index contributed by atoms with van der Waals surface area (Å²) in [6.07, 6.45) is 0.401. The number of β-amino-alcohol motifs (C(OH)–C–C–N with tert-alkyl or cyclic N) is 2. The number of amidine groups is 1. The molecule has 3 heterocycles. The van der Waals surface area contributed by atoms with Crippen LogP contribution in [0.1, 0.15) is 37.0 Å². The second-order valence-corrected chi connectivity index (χ2v) is 10.8. The molecule has 3 aromatic rings. The summed E-state index contributed by atoms with van der Waals surface area (Å²) in [6, 6.07) is 6.87. The zero-order valence-corrected chi connectivity index (χ0v) is 22.8. The number of fused-ring (bicyclic) bond motifs is 1. The summed E-state index contributed by atoms with van der Waals surface area (Å²) in [4.78, 5) is 40.6. The molecule has 2 aromatic carbocycles. The summed E-state index contributed by atoms with van der Waals surface area (Å²) in [7, 11) is 0. The van der Waals surface area contributed by atoms with E-state index in [1.54, 1.807) is 19.9 Å². The van der Waals surface area contributed by atoms with Gasteiger partial charge < -0.3 is 25.7 Å². The maximum atomic E-state index is 15.3. The van der Waals surface area contributed by atoms with E-state index < -0.39 is 29.7 Å². The standard InChI is InChI=1S/C29H32F2N6O4/c1-15(2)28(40)35-26(32)16-7-9-36(10-8-16)27-24-20(30)6-5-18(25(24)33-14-34-27)17-3-4-19(21(31)11-17)29(41)37-12-22(38)23(39)13-37/h3-6,11,14-16,22-23,38-39H,7-10,12-13H2,1-2H3,(H2,32,35,40)/t22-,23?/m1/s1. The number of aliphatic hydroxyl groups is 2. The van der Waals surface area contributed by atoms with Gasteiger partial charge in [0, 0.05) is 43.6 Å². The smallest absolute Gasteiger partial charge is 0.257 e. The van der Waals surface area contributed by atoms with Gasteiger partial charge in [-0.05, 0) is 42.7 Å². The molecule has 1 unspecified atom stereocenters. The lowest BCUT2D eigenvalue weighted by Gasteiger charge is -2.33. The average Bonchev–Trinajstić information content (AvgIpc) is 3.30. The lowest BCUT2D eigenvalue weighted by Crippen LogP contribution is -2.39. The lowest BCUT2D eigenvalue weighted by molar-refractivity contribution is -0.120. The molecule has 12 heteroatoms. The number of nitrogens with zero attached hydrogens (tertiary/aromatic N) is 5. The number of hydrogen-bond donors (Lipinski definition) is 3. The van der Waals surface area contributed by atoms with Gasteiger partial charge in [-0.15, -0.1) is 0 Å². The second kappa shape index (κ2) is 11.5. The number of carbonyl (C=O) groups is 2. The van der Waals surface area contributed by atoms with Crippen molar-refractivity contribution in [3.05, 3.63) is 53.9 Å². The minimum Gasteiger partial charge on any atom is -0.388 e. The SMILES string of the molecule is CC(C)C(=O)N=C(N)C1CCN(c2ncnc3c(-c4ccc(C(=O)N5CC(O)[C@H](O)C5)c(F)c4)ccc(F)c23)CC1. The van der Waals surface area contributed by atoms with Crippen LogP contribution in [0, 0.1) is 23.5 Å². The monoisotopic (exact) mass is 566 g/mol. The summed E-state index contributed by atoms with van der Waals surface area (Å²) < 4.78 is 30.4. The van der Waals surface area contributed by atoms with Crippen LogP contribution < -0.4 is 10.6 Å². The van der Waals surface area contributed by atoms with Crippen molar-refractivity contribution >= 4 is 34.4 Å². The molecule has 0 bridgehead atoms. The molecule has 4 N–H and O–H groups in total. The van der Waals surface area contributed by atoms with Crippen molar-refractivity contribution in [1.82, 2.24) is 14.9 Å². The third-order valence-corrected chi connectivity index (χ3v) is 7.72. The second-order valence-electron chi connectivity index (χ2n) is 10.8. The normalized spacial score (nSPS) is 20.3.